The van der Waals surface area contributed by atoms with Crippen molar-refractivity contribution >= 4 is 27.8 Å². The lowest BCUT2D eigenvalue weighted by Crippen LogP contribution is -2.11. The zero-order chi connectivity index (χ0) is 19.4. The number of nitrogens with one attached hydrogen (secondary N) is 1. The van der Waals surface area contributed by atoms with Crippen molar-refractivity contribution in [1.29, 1.82) is 0 Å². The highest BCUT2D eigenvalue weighted by molar-refractivity contribution is 6.12. The molecule has 1 aromatic carbocycles. The number of carbonyl (C=O) groups is 1. The van der Waals surface area contributed by atoms with E-state index in [2.05, 4.69) is 23.0 Å². The maximum absolute atomic E-state index is 12.4. The number of aromatic amines is 1. The second-order valence-corrected chi connectivity index (χ2v) is 6.44. The van der Waals surface area contributed by atoms with E-state index in [-0.39, 0.29) is 12.7 Å². The van der Waals surface area contributed by atoms with E-state index in [1.165, 1.54) is 0 Å². The molecule has 0 saturated heterocycles. The van der Waals surface area contributed by atoms with Crippen molar-refractivity contribution in [3.8, 4) is 0 Å². The summed E-state index contributed by atoms with van der Waals surface area (Å²) in [5, 5.41) is 1.98. The van der Waals surface area contributed by atoms with Crippen LogP contribution in [0.5, 0.6) is 0 Å². The lowest BCUT2D eigenvalue weighted by molar-refractivity contribution is 0.0514. The van der Waals surface area contributed by atoms with Gasteiger partial charge in [-0.1, -0.05) is 19.1 Å². The van der Waals surface area contributed by atoms with Gasteiger partial charge in [-0.15, -0.1) is 0 Å². The Bertz CT molecular complexity index is 948. The van der Waals surface area contributed by atoms with Gasteiger partial charge in [-0.3, -0.25) is 0 Å². The van der Waals surface area contributed by atoms with Crippen molar-refractivity contribution in [2.45, 2.75) is 39.9 Å². The normalized spacial score (nSPS) is 12.6. The van der Waals surface area contributed by atoms with Crippen molar-refractivity contribution in [3.05, 3.63) is 41.2 Å². The van der Waals surface area contributed by atoms with Crippen molar-refractivity contribution in [2.75, 3.05) is 20.3 Å². The van der Waals surface area contributed by atoms with Gasteiger partial charge >= 0.3 is 5.97 Å². The highest BCUT2D eigenvalue weighted by atomic mass is 16.5. The average molecular weight is 370 g/mol. The number of rotatable bonds is 8. The zero-order valence-corrected chi connectivity index (χ0v) is 16.3. The number of esters is 1. The summed E-state index contributed by atoms with van der Waals surface area (Å²) in [6.45, 7) is 7.18. The summed E-state index contributed by atoms with van der Waals surface area (Å²) in [4.78, 5) is 20.2. The lowest BCUT2D eigenvalue weighted by atomic mass is 9.99. The maximum Gasteiger partial charge on any atom is 0.357 e. The Balaban J connectivity index is 2.28. The molecule has 0 bridgehead atoms. The van der Waals surface area contributed by atoms with E-state index in [4.69, 9.17) is 14.2 Å². The van der Waals surface area contributed by atoms with Gasteiger partial charge in [0.1, 0.15) is 0 Å². The molecular formula is C21H26N2O4. The van der Waals surface area contributed by atoms with E-state index in [1.54, 1.807) is 20.2 Å². The summed E-state index contributed by atoms with van der Waals surface area (Å²) in [5.74, 6) is -0.437. The van der Waals surface area contributed by atoms with Gasteiger partial charge in [0, 0.05) is 35.6 Å². The van der Waals surface area contributed by atoms with Gasteiger partial charge in [-0.25, -0.2) is 9.78 Å². The molecule has 2 aromatic heterocycles. The topological polar surface area (TPSA) is 73.4 Å². The molecule has 0 amide bonds. The molecule has 3 rings (SSSR count). The predicted molar refractivity (Wildman–Crippen MR) is 105 cm³/mol. The van der Waals surface area contributed by atoms with E-state index < -0.39 is 5.97 Å². The van der Waals surface area contributed by atoms with Crippen molar-refractivity contribution in [2.24, 2.45) is 0 Å². The van der Waals surface area contributed by atoms with Crippen LogP contribution in [0, 0.1) is 0 Å². The second kappa shape index (κ2) is 8.50. The molecule has 0 aliphatic heterocycles. The largest absolute Gasteiger partial charge is 0.461 e. The Morgan fingerprint density at radius 1 is 1.22 bits per heavy atom. The van der Waals surface area contributed by atoms with Crippen LogP contribution in [0.4, 0.5) is 0 Å². The number of aromatic nitrogens is 2. The number of methoxy groups -OCH3 is 1. The first-order chi connectivity index (χ1) is 13.1. The fourth-order valence-corrected chi connectivity index (χ4v) is 3.41. The molecule has 0 aliphatic carbocycles. The monoisotopic (exact) mass is 370 g/mol. The molecule has 1 N–H and O–H groups in total. The van der Waals surface area contributed by atoms with E-state index in [0.717, 1.165) is 39.4 Å². The Labute approximate surface area is 158 Å². The van der Waals surface area contributed by atoms with Crippen molar-refractivity contribution in [1.82, 2.24) is 9.97 Å². The number of ether oxygens (including phenoxy) is 3. The lowest BCUT2D eigenvalue weighted by Gasteiger charge is -2.15. The van der Waals surface area contributed by atoms with E-state index in [9.17, 15) is 4.79 Å². The molecule has 0 saturated carbocycles. The summed E-state index contributed by atoms with van der Waals surface area (Å²) in [7, 11) is 1.61. The van der Waals surface area contributed by atoms with Gasteiger partial charge in [0.2, 0.25) is 0 Å². The van der Waals surface area contributed by atoms with Crippen LogP contribution in [0.25, 0.3) is 21.8 Å². The quantitative estimate of drug-likeness (QED) is 0.590. The van der Waals surface area contributed by atoms with Crippen LogP contribution in [0.2, 0.25) is 0 Å². The Morgan fingerprint density at radius 3 is 2.74 bits per heavy atom. The molecule has 6 nitrogen and oxygen atoms in total. The highest BCUT2D eigenvalue weighted by Gasteiger charge is 2.22. The van der Waals surface area contributed by atoms with Gasteiger partial charge in [0.05, 0.1) is 31.0 Å². The highest BCUT2D eigenvalue weighted by Crippen LogP contribution is 2.36. The SMILES string of the molecule is CCCOC(C)c1cccc2[nH]c3cnc(C(=O)OCC)c(COC)c3c12. The van der Waals surface area contributed by atoms with Crippen molar-refractivity contribution in [3.63, 3.8) is 0 Å². The van der Waals surface area contributed by atoms with Gasteiger partial charge in [-0.05, 0) is 31.9 Å². The summed E-state index contributed by atoms with van der Waals surface area (Å²) in [6, 6.07) is 6.09. The first-order valence-electron chi connectivity index (χ1n) is 9.32. The summed E-state index contributed by atoms with van der Waals surface area (Å²) >= 11 is 0. The third-order valence-corrected chi connectivity index (χ3v) is 4.56. The summed E-state index contributed by atoms with van der Waals surface area (Å²) < 4.78 is 16.6. The summed E-state index contributed by atoms with van der Waals surface area (Å²) in [6.07, 6.45) is 2.57. The van der Waals surface area contributed by atoms with E-state index >= 15 is 0 Å². The van der Waals surface area contributed by atoms with Crippen LogP contribution in [-0.4, -0.2) is 36.3 Å². The Morgan fingerprint density at radius 2 is 2.04 bits per heavy atom. The number of fused-ring (bicyclic) bond motifs is 3. The number of benzene rings is 1. The second-order valence-electron chi connectivity index (χ2n) is 6.44. The van der Waals surface area contributed by atoms with Crippen LogP contribution in [-0.2, 0) is 20.8 Å². The van der Waals surface area contributed by atoms with Crippen LogP contribution < -0.4 is 0 Å². The molecule has 27 heavy (non-hydrogen) atoms. The minimum atomic E-state index is -0.437. The molecule has 0 fully saturated rings. The van der Waals surface area contributed by atoms with Gasteiger partial charge in [-0.2, -0.15) is 0 Å². The number of nitrogens with zero attached hydrogens (tertiary/aromatic N) is 1. The zero-order valence-electron chi connectivity index (χ0n) is 16.3. The molecule has 0 radical (unpaired) electrons. The minimum Gasteiger partial charge on any atom is -0.461 e. The first kappa shape index (κ1) is 19.3. The molecule has 2 heterocycles. The predicted octanol–water partition coefficient (Wildman–Crippen LogP) is 4.53. The molecule has 144 valence electrons. The molecular weight excluding hydrogens is 344 g/mol. The van der Waals surface area contributed by atoms with E-state index in [1.807, 2.05) is 19.1 Å². The fourth-order valence-electron chi connectivity index (χ4n) is 3.41. The Kier molecular flexibility index (Phi) is 6.08. The molecule has 6 heteroatoms. The average Bonchev–Trinajstić information content (AvgIpc) is 3.05. The Hall–Kier alpha value is -2.44. The molecule has 0 spiro atoms. The molecule has 0 aliphatic rings. The maximum atomic E-state index is 12.4. The number of H-pyrrole nitrogens is 1. The first-order valence-corrected chi connectivity index (χ1v) is 9.32. The standard InChI is InChI=1S/C21H26N2O4/c1-5-10-27-13(3)14-8-7-9-16-18(14)19-15(12-25-4)20(21(24)26-6-2)22-11-17(19)23-16/h7-9,11,13,23H,5-6,10,12H2,1-4H3. The molecule has 1 atom stereocenters. The minimum absolute atomic E-state index is 0.0674. The van der Waals surface area contributed by atoms with Crippen molar-refractivity contribution < 1.29 is 19.0 Å². The summed E-state index contributed by atoms with van der Waals surface area (Å²) in [5.41, 5.74) is 3.94. The van der Waals surface area contributed by atoms with Crippen LogP contribution in [0.1, 0.15) is 54.9 Å². The number of hydrogen-bond acceptors (Lipinski definition) is 5. The molecule has 1 unspecified atom stereocenters. The fraction of sp³-hybridized carbons (Fsp3) is 0.429. The van der Waals surface area contributed by atoms with Gasteiger partial charge in [0.25, 0.3) is 0 Å². The number of hydrogen-bond donors (Lipinski definition) is 1. The van der Waals surface area contributed by atoms with Crippen LogP contribution in [0.3, 0.4) is 0 Å². The molecule has 3 aromatic rings. The van der Waals surface area contributed by atoms with E-state index in [0.29, 0.717) is 18.9 Å². The van der Waals surface area contributed by atoms with Crippen LogP contribution >= 0.6 is 0 Å². The smallest absolute Gasteiger partial charge is 0.357 e. The number of pyridine rings is 1. The van der Waals surface area contributed by atoms with Gasteiger partial charge in [0.15, 0.2) is 5.69 Å². The van der Waals surface area contributed by atoms with Crippen LogP contribution in [0.15, 0.2) is 24.4 Å². The third-order valence-electron chi connectivity index (χ3n) is 4.56. The third kappa shape index (κ3) is 3.68. The number of carbonyl (C=O) groups excluding carboxylic acids is 1. The van der Waals surface area contributed by atoms with Gasteiger partial charge < -0.3 is 19.2 Å².